The molecular formula is C28H30O3. The molecule has 160 valence electrons. The molecule has 1 heterocycles. The third kappa shape index (κ3) is 2.20. The van der Waals surface area contributed by atoms with Crippen molar-refractivity contribution in [2.75, 3.05) is 13.7 Å². The minimum Gasteiger partial charge on any atom is -0.507 e. The predicted molar refractivity (Wildman–Crippen MR) is 124 cm³/mol. The Bertz CT molecular complexity index is 1250. The van der Waals surface area contributed by atoms with Crippen LogP contribution in [0.3, 0.4) is 0 Å². The predicted octanol–water partition coefficient (Wildman–Crippen LogP) is 6.60. The topological polar surface area (TPSA) is 38.7 Å². The van der Waals surface area contributed by atoms with E-state index in [4.69, 9.17) is 9.47 Å². The normalized spacial score (nSPS) is 21.1. The third-order valence-corrected chi connectivity index (χ3v) is 8.79. The summed E-state index contributed by atoms with van der Waals surface area (Å²) in [5.74, 6) is 1.89. The summed E-state index contributed by atoms with van der Waals surface area (Å²) in [6.45, 7) is 10.3. The van der Waals surface area contributed by atoms with E-state index in [2.05, 4.69) is 58.0 Å². The van der Waals surface area contributed by atoms with Crippen molar-refractivity contribution in [3.8, 4) is 28.4 Å². The van der Waals surface area contributed by atoms with Gasteiger partial charge in [0.2, 0.25) is 0 Å². The number of phenolic OH excluding ortho intramolecular Hbond substituents is 1. The van der Waals surface area contributed by atoms with Gasteiger partial charge in [-0.05, 0) is 58.1 Å². The van der Waals surface area contributed by atoms with Crippen LogP contribution < -0.4 is 9.47 Å². The lowest BCUT2D eigenvalue weighted by Crippen LogP contribution is -2.25. The first-order valence-electron chi connectivity index (χ1n) is 11.3. The number of hydrogen-bond donors (Lipinski definition) is 1. The van der Waals surface area contributed by atoms with Gasteiger partial charge in [0.15, 0.2) is 11.5 Å². The second-order valence-electron chi connectivity index (χ2n) is 11.0. The van der Waals surface area contributed by atoms with Crippen LogP contribution in [0.2, 0.25) is 0 Å². The molecule has 3 aromatic carbocycles. The van der Waals surface area contributed by atoms with Gasteiger partial charge in [0, 0.05) is 28.2 Å². The van der Waals surface area contributed by atoms with Gasteiger partial charge in [-0.3, -0.25) is 0 Å². The number of benzene rings is 3. The molecule has 1 fully saturated rings. The fourth-order valence-electron chi connectivity index (χ4n) is 6.76. The molecule has 6 rings (SSSR count). The van der Waals surface area contributed by atoms with E-state index in [0.717, 1.165) is 35.8 Å². The van der Waals surface area contributed by atoms with E-state index < -0.39 is 0 Å². The van der Waals surface area contributed by atoms with Crippen LogP contribution in [0.4, 0.5) is 0 Å². The van der Waals surface area contributed by atoms with Gasteiger partial charge in [0.25, 0.3) is 0 Å². The first-order valence-corrected chi connectivity index (χ1v) is 11.3. The highest BCUT2D eigenvalue weighted by molar-refractivity contribution is 6.08. The van der Waals surface area contributed by atoms with Crippen LogP contribution in [-0.2, 0) is 11.8 Å². The fourth-order valence-corrected chi connectivity index (χ4v) is 6.76. The summed E-state index contributed by atoms with van der Waals surface area (Å²) >= 11 is 0. The first kappa shape index (κ1) is 19.0. The lowest BCUT2D eigenvalue weighted by Gasteiger charge is -2.34. The smallest absolute Gasteiger partial charge is 0.165 e. The number of ether oxygens (including phenoxy) is 2. The van der Waals surface area contributed by atoms with E-state index in [0.29, 0.717) is 18.1 Å². The average Bonchev–Trinajstić information content (AvgIpc) is 3.35. The van der Waals surface area contributed by atoms with E-state index in [1.54, 1.807) is 7.11 Å². The van der Waals surface area contributed by atoms with E-state index in [1.165, 1.54) is 27.8 Å². The van der Waals surface area contributed by atoms with Crippen LogP contribution in [0.25, 0.3) is 21.9 Å². The van der Waals surface area contributed by atoms with Crippen LogP contribution in [0.15, 0.2) is 36.4 Å². The molecule has 1 N–H and O–H groups in total. The van der Waals surface area contributed by atoms with Crippen molar-refractivity contribution in [1.82, 2.24) is 0 Å². The zero-order chi connectivity index (χ0) is 21.8. The maximum absolute atomic E-state index is 11.3. The average molecular weight is 415 g/mol. The summed E-state index contributed by atoms with van der Waals surface area (Å²) in [6, 6.07) is 12.9. The molecule has 0 radical (unpaired) electrons. The van der Waals surface area contributed by atoms with Crippen molar-refractivity contribution < 1.29 is 14.6 Å². The van der Waals surface area contributed by atoms with Crippen molar-refractivity contribution in [2.45, 2.75) is 52.4 Å². The lowest BCUT2D eigenvalue weighted by atomic mass is 9.71. The van der Waals surface area contributed by atoms with E-state index in [1.807, 2.05) is 6.07 Å². The standard InChI is InChI=1S/C28H30O3/c1-26(2)14-28(15-27(26,3)4)19-9-7-6-8-16(19)24-20(28)13-21(29)18-12-22(30-5)25-17(23(18)24)10-11-31-25/h6-9,12-13,29H,10-11,14-15H2,1-5H3. The molecule has 2 aliphatic carbocycles. The van der Waals surface area contributed by atoms with E-state index in [9.17, 15) is 5.11 Å². The van der Waals surface area contributed by atoms with Crippen molar-refractivity contribution in [2.24, 2.45) is 10.8 Å². The van der Waals surface area contributed by atoms with Crippen molar-refractivity contribution in [1.29, 1.82) is 0 Å². The Hall–Kier alpha value is -2.68. The SMILES string of the molecule is COc1cc2c(O)cc3c(c2c2c1OCC2)-c1ccccc1C31CC(C)(C)C(C)(C)C1. The first-order chi connectivity index (χ1) is 14.7. The molecule has 1 spiro atoms. The number of methoxy groups -OCH3 is 1. The molecule has 0 atom stereocenters. The van der Waals surface area contributed by atoms with Gasteiger partial charge in [0.05, 0.1) is 13.7 Å². The Morgan fingerprint density at radius 3 is 2.39 bits per heavy atom. The Kier molecular flexibility index (Phi) is 3.54. The van der Waals surface area contributed by atoms with Gasteiger partial charge in [0.1, 0.15) is 5.75 Å². The van der Waals surface area contributed by atoms with Gasteiger partial charge in [-0.1, -0.05) is 52.0 Å². The highest BCUT2D eigenvalue weighted by Crippen LogP contribution is 2.68. The zero-order valence-electron chi connectivity index (χ0n) is 19.1. The molecule has 31 heavy (non-hydrogen) atoms. The van der Waals surface area contributed by atoms with Gasteiger partial charge < -0.3 is 14.6 Å². The zero-order valence-corrected chi connectivity index (χ0v) is 19.1. The second kappa shape index (κ2) is 5.76. The van der Waals surface area contributed by atoms with Gasteiger partial charge >= 0.3 is 0 Å². The molecule has 3 aliphatic rings. The molecule has 1 aliphatic heterocycles. The van der Waals surface area contributed by atoms with Gasteiger partial charge in [-0.15, -0.1) is 0 Å². The minimum atomic E-state index is -0.0726. The summed E-state index contributed by atoms with van der Waals surface area (Å²) in [7, 11) is 1.67. The Morgan fingerprint density at radius 2 is 1.68 bits per heavy atom. The molecule has 0 aromatic heterocycles. The monoisotopic (exact) mass is 414 g/mol. The summed E-state index contributed by atoms with van der Waals surface area (Å²) in [6.07, 6.45) is 3.00. The second-order valence-corrected chi connectivity index (χ2v) is 11.0. The van der Waals surface area contributed by atoms with Crippen LogP contribution in [0, 0.1) is 10.8 Å². The minimum absolute atomic E-state index is 0.0726. The molecule has 3 heteroatoms. The largest absolute Gasteiger partial charge is 0.507 e. The lowest BCUT2D eigenvalue weighted by molar-refractivity contribution is 0.157. The molecule has 0 unspecified atom stereocenters. The quantitative estimate of drug-likeness (QED) is 0.487. The molecule has 0 saturated heterocycles. The van der Waals surface area contributed by atoms with Crippen molar-refractivity contribution in [3.63, 3.8) is 0 Å². The Morgan fingerprint density at radius 1 is 0.968 bits per heavy atom. The highest BCUT2D eigenvalue weighted by Gasteiger charge is 2.59. The van der Waals surface area contributed by atoms with E-state index >= 15 is 0 Å². The maximum Gasteiger partial charge on any atom is 0.165 e. The van der Waals surface area contributed by atoms with Gasteiger partial charge in [-0.25, -0.2) is 0 Å². The molecule has 3 nitrogen and oxygen atoms in total. The Balaban J connectivity index is 1.77. The number of aromatic hydroxyl groups is 1. The summed E-state index contributed by atoms with van der Waals surface area (Å²) in [5.41, 5.74) is 6.79. The number of rotatable bonds is 1. The number of fused-ring (bicyclic) bond motifs is 9. The van der Waals surface area contributed by atoms with Gasteiger partial charge in [-0.2, -0.15) is 0 Å². The maximum atomic E-state index is 11.3. The van der Waals surface area contributed by atoms with Crippen LogP contribution in [0.5, 0.6) is 17.2 Å². The van der Waals surface area contributed by atoms with Crippen molar-refractivity contribution >= 4 is 10.8 Å². The Labute approximate surface area is 184 Å². The summed E-state index contributed by atoms with van der Waals surface area (Å²) in [4.78, 5) is 0. The molecule has 0 bridgehead atoms. The summed E-state index contributed by atoms with van der Waals surface area (Å²) < 4.78 is 11.6. The fraction of sp³-hybridized carbons (Fsp3) is 0.429. The summed E-state index contributed by atoms with van der Waals surface area (Å²) in [5, 5.41) is 13.3. The van der Waals surface area contributed by atoms with Crippen LogP contribution in [-0.4, -0.2) is 18.8 Å². The number of phenols is 1. The number of hydrogen-bond acceptors (Lipinski definition) is 3. The highest BCUT2D eigenvalue weighted by atomic mass is 16.5. The van der Waals surface area contributed by atoms with Crippen LogP contribution in [0.1, 0.15) is 57.2 Å². The van der Waals surface area contributed by atoms with Crippen LogP contribution >= 0.6 is 0 Å². The molecule has 1 saturated carbocycles. The third-order valence-electron chi connectivity index (χ3n) is 8.79. The molecule has 0 amide bonds. The molecular weight excluding hydrogens is 384 g/mol. The van der Waals surface area contributed by atoms with Crippen molar-refractivity contribution in [3.05, 3.63) is 53.1 Å². The van der Waals surface area contributed by atoms with E-state index in [-0.39, 0.29) is 16.2 Å². The molecule has 3 aromatic rings.